The topological polar surface area (TPSA) is 68.2 Å². The van der Waals surface area contributed by atoms with Crippen molar-refractivity contribution in [1.82, 2.24) is 15.1 Å². The summed E-state index contributed by atoms with van der Waals surface area (Å²) in [6, 6.07) is 0. The van der Waals surface area contributed by atoms with Crippen LogP contribution >= 0.6 is 11.8 Å². The van der Waals surface area contributed by atoms with Crippen LogP contribution in [0.4, 0.5) is 0 Å². The predicted molar refractivity (Wildman–Crippen MR) is 95.9 cm³/mol. The van der Waals surface area contributed by atoms with Gasteiger partial charge in [-0.25, -0.2) is 0 Å². The van der Waals surface area contributed by atoms with Crippen molar-refractivity contribution in [1.29, 1.82) is 0 Å². The molecule has 1 amide bonds. The van der Waals surface area contributed by atoms with Gasteiger partial charge in [-0.2, -0.15) is 11.8 Å². The number of piperazine rings is 1. The van der Waals surface area contributed by atoms with Crippen molar-refractivity contribution in [3.8, 4) is 0 Å². The molecule has 23 heavy (non-hydrogen) atoms. The summed E-state index contributed by atoms with van der Waals surface area (Å²) in [5.41, 5.74) is -0.652. The van der Waals surface area contributed by atoms with Crippen molar-refractivity contribution in [2.75, 3.05) is 50.8 Å². The molecular weight excluding hydrogens is 312 g/mol. The Morgan fingerprint density at radius 3 is 2.48 bits per heavy atom. The van der Waals surface area contributed by atoms with E-state index < -0.39 is 5.60 Å². The zero-order valence-corrected chi connectivity index (χ0v) is 15.4. The molecule has 2 saturated heterocycles. The summed E-state index contributed by atoms with van der Waals surface area (Å²) in [6.45, 7) is 10.2. The number of carbonyl (C=O) groups excluding carboxylic acids is 1. The highest BCUT2D eigenvalue weighted by atomic mass is 32.2. The predicted octanol–water partition coefficient (Wildman–Crippen LogP) is 0.620. The van der Waals surface area contributed by atoms with E-state index >= 15 is 0 Å². The van der Waals surface area contributed by atoms with E-state index in [1.807, 2.05) is 25.7 Å². The number of guanidine groups is 1. The largest absolute Gasteiger partial charge is 0.387 e. The molecule has 0 aliphatic carbocycles. The molecule has 0 aromatic heterocycles. The molecule has 2 aliphatic heterocycles. The van der Waals surface area contributed by atoms with Gasteiger partial charge in [0.15, 0.2) is 5.96 Å². The third kappa shape index (κ3) is 5.01. The van der Waals surface area contributed by atoms with Gasteiger partial charge in [0.1, 0.15) is 0 Å². The molecule has 0 bridgehead atoms. The Kier molecular flexibility index (Phi) is 6.59. The van der Waals surface area contributed by atoms with Gasteiger partial charge < -0.3 is 20.2 Å². The highest BCUT2D eigenvalue weighted by molar-refractivity contribution is 7.99. The van der Waals surface area contributed by atoms with Gasteiger partial charge in [-0.15, -0.1) is 0 Å². The SMILES string of the molecule is CCNC(=NCC1(O)CCSC1)N1CCN(C(=O)C(C)C)CC1. The zero-order valence-electron chi connectivity index (χ0n) is 14.5. The molecule has 0 aromatic carbocycles. The quantitative estimate of drug-likeness (QED) is 0.579. The van der Waals surface area contributed by atoms with Crippen LogP contribution in [0, 0.1) is 5.92 Å². The van der Waals surface area contributed by atoms with Crippen LogP contribution in [-0.2, 0) is 4.79 Å². The second kappa shape index (κ2) is 8.24. The van der Waals surface area contributed by atoms with E-state index in [2.05, 4.69) is 15.2 Å². The third-order valence-electron chi connectivity index (χ3n) is 4.33. The van der Waals surface area contributed by atoms with Crippen molar-refractivity contribution >= 4 is 23.6 Å². The Bertz CT molecular complexity index is 428. The van der Waals surface area contributed by atoms with Gasteiger partial charge in [0, 0.05) is 44.4 Å². The number of thioether (sulfide) groups is 1. The first kappa shape index (κ1) is 18.4. The van der Waals surface area contributed by atoms with E-state index in [1.54, 1.807) is 11.8 Å². The van der Waals surface area contributed by atoms with Gasteiger partial charge in [-0.3, -0.25) is 9.79 Å². The van der Waals surface area contributed by atoms with Crippen molar-refractivity contribution in [3.05, 3.63) is 0 Å². The summed E-state index contributed by atoms with van der Waals surface area (Å²) in [5.74, 6) is 2.92. The molecule has 2 rings (SSSR count). The lowest BCUT2D eigenvalue weighted by Crippen LogP contribution is -2.54. The summed E-state index contributed by atoms with van der Waals surface area (Å²) in [7, 11) is 0. The van der Waals surface area contributed by atoms with E-state index in [0.29, 0.717) is 6.54 Å². The maximum atomic E-state index is 12.1. The molecule has 7 heteroatoms. The van der Waals surface area contributed by atoms with Crippen LogP contribution in [0.25, 0.3) is 0 Å². The van der Waals surface area contributed by atoms with Crippen LogP contribution in [0.1, 0.15) is 27.2 Å². The number of carbonyl (C=O) groups is 1. The molecule has 1 atom stereocenters. The molecule has 2 fully saturated rings. The number of amides is 1. The highest BCUT2D eigenvalue weighted by Crippen LogP contribution is 2.28. The van der Waals surface area contributed by atoms with Crippen molar-refractivity contribution in [2.24, 2.45) is 10.9 Å². The lowest BCUT2D eigenvalue weighted by atomic mass is 10.0. The fourth-order valence-corrected chi connectivity index (χ4v) is 4.16. The van der Waals surface area contributed by atoms with Crippen LogP contribution in [0.2, 0.25) is 0 Å². The maximum Gasteiger partial charge on any atom is 0.225 e. The number of hydrogen-bond donors (Lipinski definition) is 2. The Morgan fingerprint density at radius 1 is 1.30 bits per heavy atom. The van der Waals surface area contributed by atoms with E-state index in [9.17, 15) is 9.90 Å². The molecule has 0 spiro atoms. The third-order valence-corrected chi connectivity index (χ3v) is 5.56. The van der Waals surface area contributed by atoms with Crippen molar-refractivity contribution in [2.45, 2.75) is 32.8 Å². The van der Waals surface area contributed by atoms with Crippen LogP contribution in [0.15, 0.2) is 4.99 Å². The average Bonchev–Trinajstić information content (AvgIpc) is 2.98. The molecule has 6 nitrogen and oxygen atoms in total. The monoisotopic (exact) mass is 342 g/mol. The smallest absolute Gasteiger partial charge is 0.225 e. The van der Waals surface area contributed by atoms with Gasteiger partial charge >= 0.3 is 0 Å². The minimum absolute atomic E-state index is 0.0533. The molecule has 1 unspecified atom stereocenters. The van der Waals surface area contributed by atoms with Gasteiger partial charge in [-0.05, 0) is 19.1 Å². The van der Waals surface area contributed by atoms with Crippen LogP contribution < -0.4 is 5.32 Å². The number of aliphatic imine (C=N–C) groups is 1. The molecule has 2 heterocycles. The highest BCUT2D eigenvalue weighted by Gasteiger charge is 2.32. The summed E-state index contributed by atoms with van der Waals surface area (Å²) in [6.07, 6.45) is 0.817. The second-order valence-electron chi connectivity index (χ2n) is 6.66. The molecule has 2 aliphatic rings. The normalized spacial score (nSPS) is 26.0. The van der Waals surface area contributed by atoms with Gasteiger partial charge in [0.05, 0.1) is 12.1 Å². The lowest BCUT2D eigenvalue weighted by Gasteiger charge is -2.37. The number of hydrogen-bond acceptors (Lipinski definition) is 4. The molecule has 0 aromatic rings. The Labute approximate surface area is 143 Å². The molecule has 2 N–H and O–H groups in total. The lowest BCUT2D eigenvalue weighted by molar-refractivity contribution is -0.135. The Hall–Kier alpha value is -0.950. The summed E-state index contributed by atoms with van der Waals surface area (Å²) in [5, 5.41) is 13.8. The van der Waals surface area contributed by atoms with Crippen LogP contribution in [0.3, 0.4) is 0 Å². The first-order valence-electron chi connectivity index (χ1n) is 8.57. The average molecular weight is 343 g/mol. The summed E-state index contributed by atoms with van der Waals surface area (Å²) in [4.78, 5) is 20.9. The van der Waals surface area contributed by atoms with E-state index in [1.165, 1.54) is 0 Å². The minimum atomic E-state index is -0.652. The maximum absolute atomic E-state index is 12.1. The first-order valence-corrected chi connectivity index (χ1v) is 9.73. The second-order valence-corrected chi connectivity index (χ2v) is 7.77. The fourth-order valence-electron chi connectivity index (χ4n) is 2.87. The van der Waals surface area contributed by atoms with E-state index in [0.717, 1.165) is 56.6 Å². The minimum Gasteiger partial charge on any atom is -0.387 e. The first-order chi connectivity index (χ1) is 10.9. The number of nitrogens with zero attached hydrogens (tertiary/aromatic N) is 3. The summed E-state index contributed by atoms with van der Waals surface area (Å²) < 4.78 is 0. The van der Waals surface area contributed by atoms with Crippen molar-refractivity contribution in [3.63, 3.8) is 0 Å². The Morgan fingerprint density at radius 2 is 1.96 bits per heavy atom. The molecular formula is C16H30N4O2S. The number of aliphatic hydroxyl groups is 1. The fraction of sp³-hybridized carbons (Fsp3) is 0.875. The van der Waals surface area contributed by atoms with Gasteiger partial charge in [-0.1, -0.05) is 13.8 Å². The van der Waals surface area contributed by atoms with Crippen LogP contribution in [-0.4, -0.2) is 83.1 Å². The molecule has 132 valence electrons. The van der Waals surface area contributed by atoms with Crippen molar-refractivity contribution < 1.29 is 9.90 Å². The zero-order chi connectivity index (χ0) is 16.9. The Balaban J connectivity index is 1.92. The number of nitrogens with one attached hydrogen (secondary N) is 1. The summed E-state index contributed by atoms with van der Waals surface area (Å²) >= 11 is 1.79. The molecule has 0 saturated carbocycles. The number of rotatable bonds is 4. The van der Waals surface area contributed by atoms with Gasteiger partial charge in [0.2, 0.25) is 5.91 Å². The van der Waals surface area contributed by atoms with E-state index in [4.69, 9.17) is 0 Å². The van der Waals surface area contributed by atoms with Crippen LogP contribution in [0.5, 0.6) is 0 Å². The van der Waals surface area contributed by atoms with E-state index in [-0.39, 0.29) is 11.8 Å². The standard InChI is InChI=1S/C16H30N4O2S/c1-4-17-15(18-11-16(22)5-10-23-12-16)20-8-6-19(7-9-20)14(21)13(2)3/h13,22H,4-12H2,1-3H3,(H,17,18). The molecule has 0 radical (unpaired) electrons. The van der Waals surface area contributed by atoms with Gasteiger partial charge in [0.25, 0.3) is 0 Å².